The molecule has 2 aromatic carbocycles. The summed E-state index contributed by atoms with van der Waals surface area (Å²) in [5, 5.41) is 4.75. The molecule has 0 saturated carbocycles. The smallest absolute Gasteiger partial charge is 0.137 e. The molecule has 0 fully saturated rings. The Morgan fingerprint density at radius 3 is 2.67 bits per heavy atom. The summed E-state index contributed by atoms with van der Waals surface area (Å²) in [5.41, 5.74) is 2.23. The molecule has 4 heteroatoms. The minimum Gasteiger partial charge on any atom is -0.378 e. The van der Waals surface area contributed by atoms with E-state index in [-0.39, 0.29) is 11.9 Å². The Balaban J connectivity index is 1.91. The van der Waals surface area contributed by atoms with E-state index in [1.807, 2.05) is 11.3 Å². The molecule has 0 aliphatic carbocycles. The molecular formula is C17H15BrFNS. The molecule has 0 amide bonds. The Hall–Kier alpha value is -1.39. The summed E-state index contributed by atoms with van der Waals surface area (Å²) in [4.78, 5) is 1.32. The average molecular weight is 364 g/mol. The maximum absolute atomic E-state index is 13.3. The van der Waals surface area contributed by atoms with Crippen LogP contribution in [0.2, 0.25) is 0 Å². The van der Waals surface area contributed by atoms with Crippen LogP contribution >= 0.6 is 27.3 Å². The predicted molar refractivity (Wildman–Crippen MR) is 92.7 cm³/mol. The van der Waals surface area contributed by atoms with Gasteiger partial charge in [-0.15, -0.1) is 11.3 Å². The van der Waals surface area contributed by atoms with Crippen molar-refractivity contribution in [2.75, 3.05) is 5.32 Å². The summed E-state index contributed by atoms with van der Waals surface area (Å²) in [5.74, 6) is -0.244. The van der Waals surface area contributed by atoms with Gasteiger partial charge in [0.25, 0.3) is 0 Å². The zero-order valence-electron chi connectivity index (χ0n) is 11.8. The van der Waals surface area contributed by atoms with E-state index in [0.29, 0.717) is 4.47 Å². The fraction of sp³-hybridized carbons (Fsp3) is 0.176. The molecule has 0 aliphatic heterocycles. The van der Waals surface area contributed by atoms with E-state index in [1.54, 1.807) is 12.1 Å². The first-order valence-corrected chi connectivity index (χ1v) is 8.37. The van der Waals surface area contributed by atoms with Crippen molar-refractivity contribution in [2.45, 2.75) is 19.9 Å². The highest BCUT2D eigenvalue weighted by Crippen LogP contribution is 2.36. The van der Waals surface area contributed by atoms with Crippen molar-refractivity contribution in [1.29, 1.82) is 0 Å². The standard InChI is InChI=1S/C17H15BrFNS/c1-10-13-5-3-4-6-16(13)21-17(10)11(2)20-12-7-8-15(19)14(18)9-12/h3-9,11,20H,1-2H3. The monoisotopic (exact) mass is 363 g/mol. The van der Waals surface area contributed by atoms with E-state index < -0.39 is 0 Å². The lowest BCUT2D eigenvalue weighted by molar-refractivity contribution is 0.621. The zero-order chi connectivity index (χ0) is 15.0. The number of halogens is 2. The predicted octanol–water partition coefficient (Wildman–Crippen LogP) is 6.28. The van der Waals surface area contributed by atoms with Crippen LogP contribution in [0, 0.1) is 12.7 Å². The Labute approximate surface area is 135 Å². The molecule has 1 atom stereocenters. The van der Waals surface area contributed by atoms with Gasteiger partial charge >= 0.3 is 0 Å². The van der Waals surface area contributed by atoms with Gasteiger partial charge in [-0.1, -0.05) is 18.2 Å². The quantitative estimate of drug-likeness (QED) is 0.576. The van der Waals surface area contributed by atoms with Crippen LogP contribution in [0.3, 0.4) is 0 Å². The minimum atomic E-state index is -0.244. The molecule has 0 spiro atoms. The highest BCUT2D eigenvalue weighted by Gasteiger charge is 2.14. The molecule has 1 unspecified atom stereocenters. The third-order valence-electron chi connectivity index (χ3n) is 3.58. The number of aryl methyl sites for hydroxylation is 1. The van der Waals surface area contributed by atoms with E-state index in [4.69, 9.17) is 0 Å². The van der Waals surface area contributed by atoms with Crippen molar-refractivity contribution in [1.82, 2.24) is 0 Å². The molecular weight excluding hydrogens is 349 g/mol. The maximum atomic E-state index is 13.3. The molecule has 1 nitrogen and oxygen atoms in total. The molecule has 1 aromatic heterocycles. The van der Waals surface area contributed by atoms with Crippen LogP contribution in [0.1, 0.15) is 23.4 Å². The van der Waals surface area contributed by atoms with Crippen molar-refractivity contribution in [3.8, 4) is 0 Å². The molecule has 1 N–H and O–H groups in total. The summed E-state index contributed by atoms with van der Waals surface area (Å²) in [7, 11) is 0. The number of hydrogen-bond donors (Lipinski definition) is 1. The van der Waals surface area contributed by atoms with Crippen LogP contribution in [0.5, 0.6) is 0 Å². The van der Waals surface area contributed by atoms with Crippen LogP contribution in [0.4, 0.5) is 10.1 Å². The molecule has 0 saturated heterocycles. The van der Waals surface area contributed by atoms with E-state index >= 15 is 0 Å². The Morgan fingerprint density at radius 1 is 1.19 bits per heavy atom. The van der Waals surface area contributed by atoms with Gasteiger partial charge in [-0.3, -0.25) is 0 Å². The van der Waals surface area contributed by atoms with Crippen LogP contribution in [-0.4, -0.2) is 0 Å². The minimum absolute atomic E-state index is 0.180. The second-order valence-electron chi connectivity index (χ2n) is 5.08. The number of hydrogen-bond acceptors (Lipinski definition) is 2. The van der Waals surface area contributed by atoms with Gasteiger partial charge in [0.15, 0.2) is 0 Å². The van der Waals surface area contributed by atoms with Crippen LogP contribution in [0.25, 0.3) is 10.1 Å². The first-order chi connectivity index (χ1) is 10.1. The molecule has 3 aromatic rings. The largest absolute Gasteiger partial charge is 0.378 e. The molecule has 1 heterocycles. The fourth-order valence-corrected chi connectivity index (χ4v) is 4.10. The number of fused-ring (bicyclic) bond motifs is 1. The van der Waals surface area contributed by atoms with Crippen LogP contribution in [0.15, 0.2) is 46.9 Å². The molecule has 3 rings (SSSR count). The Kier molecular flexibility index (Phi) is 4.00. The highest BCUT2D eigenvalue weighted by molar-refractivity contribution is 9.10. The third kappa shape index (κ3) is 2.83. The van der Waals surface area contributed by atoms with Gasteiger partial charge in [0.05, 0.1) is 10.5 Å². The molecule has 0 aliphatic rings. The van der Waals surface area contributed by atoms with E-state index in [9.17, 15) is 4.39 Å². The zero-order valence-corrected chi connectivity index (χ0v) is 14.2. The van der Waals surface area contributed by atoms with Gasteiger partial charge in [-0.2, -0.15) is 0 Å². The van der Waals surface area contributed by atoms with Crippen molar-refractivity contribution < 1.29 is 4.39 Å². The van der Waals surface area contributed by atoms with Crippen molar-refractivity contribution >= 4 is 43.0 Å². The van der Waals surface area contributed by atoms with Gasteiger partial charge in [-0.05, 0) is 65.0 Å². The normalized spacial score (nSPS) is 12.6. The molecule has 0 bridgehead atoms. The number of nitrogens with one attached hydrogen (secondary N) is 1. The lowest BCUT2D eigenvalue weighted by atomic mass is 10.1. The lowest BCUT2D eigenvalue weighted by Crippen LogP contribution is -2.06. The van der Waals surface area contributed by atoms with E-state index in [0.717, 1.165) is 5.69 Å². The first-order valence-electron chi connectivity index (χ1n) is 6.76. The highest BCUT2D eigenvalue weighted by atomic mass is 79.9. The van der Waals surface area contributed by atoms with Crippen molar-refractivity contribution in [3.63, 3.8) is 0 Å². The fourth-order valence-electron chi connectivity index (χ4n) is 2.51. The number of benzene rings is 2. The number of thiophene rings is 1. The number of anilines is 1. The van der Waals surface area contributed by atoms with Crippen molar-refractivity contribution in [3.05, 3.63) is 63.2 Å². The summed E-state index contributed by atoms with van der Waals surface area (Å²) in [6.45, 7) is 4.29. The molecule has 108 valence electrons. The molecule has 21 heavy (non-hydrogen) atoms. The Bertz CT molecular complexity index is 797. The van der Waals surface area contributed by atoms with Gasteiger partial charge in [0, 0.05) is 15.3 Å². The SMILES string of the molecule is Cc1c(C(C)Nc2ccc(F)c(Br)c2)sc2ccccc12. The average Bonchev–Trinajstić information content (AvgIpc) is 2.81. The van der Waals surface area contributed by atoms with E-state index in [1.165, 1.54) is 26.6 Å². The van der Waals surface area contributed by atoms with Crippen LogP contribution < -0.4 is 5.32 Å². The Morgan fingerprint density at radius 2 is 1.95 bits per heavy atom. The summed E-state index contributed by atoms with van der Waals surface area (Å²) < 4.78 is 15.1. The summed E-state index contributed by atoms with van der Waals surface area (Å²) in [6.07, 6.45) is 0. The van der Waals surface area contributed by atoms with Gasteiger partial charge in [0.2, 0.25) is 0 Å². The molecule has 0 radical (unpaired) electrons. The first kappa shape index (κ1) is 14.5. The van der Waals surface area contributed by atoms with Crippen molar-refractivity contribution in [2.24, 2.45) is 0 Å². The van der Waals surface area contributed by atoms with Gasteiger partial charge in [-0.25, -0.2) is 4.39 Å². The van der Waals surface area contributed by atoms with E-state index in [2.05, 4.69) is 59.4 Å². The van der Waals surface area contributed by atoms with Gasteiger partial charge < -0.3 is 5.32 Å². The summed E-state index contributed by atoms with van der Waals surface area (Å²) in [6, 6.07) is 13.6. The third-order valence-corrected chi connectivity index (χ3v) is 5.64. The lowest BCUT2D eigenvalue weighted by Gasteiger charge is -2.15. The maximum Gasteiger partial charge on any atom is 0.137 e. The van der Waals surface area contributed by atoms with Gasteiger partial charge in [0.1, 0.15) is 5.82 Å². The van der Waals surface area contributed by atoms with Crippen LogP contribution in [-0.2, 0) is 0 Å². The second-order valence-corrected chi connectivity index (χ2v) is 7.02. The number of rotatable bonds is 3. The second kappa shape index (κ2) is 5.78. The topological polar surface area (TPSA) is 12.0 Å². The summed E-state index contributed by atoms with van der Waals surface area (Å²) >= 11 is 5.03.